The molecular formula is C20H22N4O3. The van der Waals surface area contributed by atoms with Crippen LogP contribution in [0.3, 0.4) is 0 Å². The lowest BCUT2D eigenvalue weighted by Crippen LogP contribution is -2.31. The summed E-state index contributed by atoms with van der Waals surface area (Å²) in [6.07, 6.45) is 4.77. The van der Waals surface area contributed by atoms with Crippen molar-refractivity contribution in [2.45, 2.75) is 31.7 Å². The highest BCUT2D eigenvalue weighted by Crippen LogP contribution is 2.33. The number of H-pyrrole nitrogens is 1. The lowest BCUT2D eigenvalue weighted by molar-refractivity contribution is -0.121. The maximum atomic E-state index is 12.6. The fourth-order valence-electron chi connectivity index (χ4n) is 3.84. The number of nitrogens with zero attached hydrogens (tertiary/aromatic N) is 2. The summed E-state index contributed by atoms with van der Waals surface area (Å²) in [5, 5.41) is 2.97. The zero-order chi connectivity index (χ0) is 18.8. The van der Waals surface area contributed by atoms with Crippen LogP contribution in [0.5, 0.6) is 5.75 Å². The van der Waals surface area contributed by atoms with E-state index in [0.29, 0.717) is 5.65 Å². The highest BCUT2D eigenvalue weighted by atomic mass is 16.5. The summed E-state index contributed by atoms with van der Waals surface area (Å²) in [5.74, 6) is 0.751. The number of aromatic nitrogens is 3. The molecule has 0 spiro atoms. The average molecular weight is 366 g/mol. The van der Waals surface area contributed by atoms with Crippen LogP contribution in [0.4, 0.5) is 5.69 Å². The van der Waals surface area contributed by atoms with Crippen LogP contribution in [0.2, 0.25) is 0 Å². The number of carbonyl (C=O) groups is 1. The molecule has 0 atom stereocenters. The third-order valence-corrected chi connectivity index (χ3v) is 5.28. The number of hydrogen-bond acceptors (Lipinski definition) is 4. The van der Waals surface area contributed by atoms with Gasteiger partial charge in [0.05, 0.1) is 12.6 Å². The van der Waals surface area contributed by atoms with E-state index in [1.54, 1.807) is 17.9 Å². The lowest BCUT2D eigenvalue weighted by atomic mass is 9.85. The van der Waals surface area contributed by atoms with E-state index in [2.05, 4.69) is 15.3 Å². The van der Waals surface area contributed by atoms with Gasteiger partial charge in [0.1, 0.15) is 5.75 Å². The molecule has 1 aliphatic rings. The van der Waals surface area contributed by atoms with Crippen LogP contribution in [-0.4, -0.2) is 27.6 Å². The van der Waals surface area contributed by atoms with E-state index >= 15 is 0 Å². The molecule has 2 N–H and O–H groups in total. The first-order chi connectivity index (χ1) is 13.2. The van der Waals surface area contributed by atoms with Gasteiger partial charge in [-0.2, -0.15) is 0 Å². The number of methoxy groups -OCH3 is 1. The first-order valence-electron chi connectivity index (χ1n) is 9.16. The number of imidazole rings is 1. The van der Waals surface area contributed by atoms with Crippen LogP contribution in [-0.2, 0) is 4.79 Å². The third kappa shape index (κ3) is 3.45. The van der Waals surface area contributed by atoms with E-state index in [4.69, 9.17) is 4.74 Å². The van der Waals surface area contributed by atoms with Gasteiger partial charge >= 0.3 is 5.69 Å². The summed E-state index contributed by atoms with van der Waals surface area (Å²) < 4.78 is 6.92. The summed E-state index contributed by atoms with van der Waals surface area (Å²) in [6.45, 7) is 0. The van der Waals surface area contributed by atoms with Crippen molar-refractivity contribution in [1.29, 1.82) is 0 Å². The van der Waals surface area contributed by atoms with Crippen molar-refractivity contribution < 1.29 is 9.53 Å². The van der Waals surface area contributed by atoms with Gasteiger partial charge in [0, 0.05) is 23.8 Å². The number of anilines is 1. The molecule has 140 valence electrons. The molecule has 4 rings (SSSR count). The number of pyridine rings is 1. The SMILES string of the molecule is COc1ccc(NC(=O)[C@H]2CC[C@@H](n3c(=O)[nH]c4ncccc43)CC2)cc1. The number of benzene rings is 1. The Kier molecular flexibility index (Phi) is 4.66. The molecule has 1 aliphatic carbocycles. The topological polar surface area (TPSA) is 89.0 Å². The van der Waals surface area contributed by atoms with Gasteiger partial charge in [0.2, 0.25) is 5.91 Å². The molecule has 27 heavy (non-hydrogen) atoms. The Morgan fingerprint density at radius 3 is 2.63 bits per heavy atom. The fraction of sp³-hybridized carbons (Fsp3) is 0.350. The molecule has 0 bridgehead atoms. The number of carbonyl (C=O) groups excluding carboxylic acids is 1. The second-order valence-corrected chi connectivity index (χ2v) is 6.89. The normalized spacial score (nSPS) is 19.7. The summed E-state index contributed by atoms with van der Waals surface area (Å²) in [5.41, 5.74) is 2.08. The molecular weight excluding hydrogens is 344 g/mol. The van der Waals surface area contributed by atoms with Crippen molar-refractivity contribution in [2.75, 3.05) is 12.4 Å². The van der Waals surface area contributed by atoms with E-state index in [1.165, 1.54) is 0 Å². The predicted octanol–water partition coefficient (Wildman–Crippen LogP) is 3.10. The van der Waals surface area contributed by atoms with E-state index in [0.717, 1.165) is 42.6 Å². The monoisotopic (exact) mass is 366 g/mol. The number of ether oxygens (including phenoxy) is 1. The van der Waals surface area contributed by atoms with Gasteiger partial charge in [0.25, 0.3) is 0 Å². The molecule has 0 radical (unpaired) electrons. The molecule has 1 saturated carbocycles. The molecule has 0 aliphatic heterocycles. The number of rotatable bonds is 4. The summed E-state index contributed by atoms with van der Waals surface area (Å²) in [6, 6.07) is 11.2. The molecule has 0 saturated heterocycles. The highest BCUT2D eigenvalue weighted by molar-refractivity contribution is 5.92. The smallest absolute Gasteiger partial charge is 0.327 e. The zero-order valence-corrected chi connectivity index (χ0v) is 15.1. The minimum atomic E-state index is -0.130. The van der Waals surface area contributed by atoms with Gasteiger partial charge in [-0.25, -0.2) is 9.78 Å². The van der Waals surface area contributed by atoms with Crippen molar-refractivity contribution in [3.8, 4) is 5.75 Å². The zero-order valence-electron chi connectivity index (χ0n) is 15.1. The quantitative estimate of drug-likeness (QED) is 0.742. The van der Waals surface area contributed by atoms with Crippen molar-refractivity contribution in [3.05, 3.63) is 53.1 Å². The molecule has 1 fully saturated rings. The molecule has 0 unspecified atom stereocenters. The van der Waals surface area contributed by atoms with Crippen molar-refractivity contribution in [1.82, 2.24) is 14.5 Å². The van der Waals surface area contributed by atoms with Gasteiger partial charge in [-0.05, 0) is 62.1 Å². The maximum Gasteiger partial charge on any atom is 0.327 e. The molecule has 2 aromatic heterocycles. The van der Waals surface area contributed by atoms with Crippen molar-refractivity contribution in [3.63, 3.8) is 0 Å². The first kappa shape index (κ1) is 17.3. The Bertz CT molecular complexity index is 998. The second kappa shape index (κ2) is 7.26. The Morgan fingerprint density at radius 1 is 1.19 bits per heavy atom. The second-order valence-electron chi connectivity index (χ2n) is 6.89. The number of fused-ring (bicyclic) bond motifs is 1. The molecule has 7 nitrogen and oxygen atoms in total. The summed E-state index contributed by atoms with van der Waals surface area (Å²) in [4.78, 5) is 31.9. The standard InChI is InChI=1S/C20H22N4O3/c1-27-16-10-6-14(7-11-16)22-19(25)13-4-8-15(9-5-13)24-17-3-2-12-21-18(17)23-20(24)26/h2-3,6-7,10-13,15H,4-5,8-9H2,1H3,(H,22,25)(H,21,23,26)/t13-,15+. The summed E-state index contributed by atoms with van der Waals surface area (Å²) >= 11 is 0. The summed E-state index contributed by atoms with van der Waals surface area (Å²) in [7, 11) is 1.61. The fourth-order valence-corrected chi connectivity index (χ4v) is 3.84. The predicted molar refractivity (Wildman–Crippen MR) is 103 cm³/mol. The molecule has 1 amide bonds. The Labute approximate surface area is 156 Å². The van der Waals surface area contributed by atoms with E-state index in [9.17, 15) is 9.59 Å². The highest BCUT2D eigenvalue weighted by Gasteiger charge is 2.29. The number of aromatic amines is 1. The maximum absolute atomic E-state index is 12.6. The van der Waals surface area contributed by atoms with Gasteiger partial charge in [-0.3, -0.25) is 14.3 Å². The third-order valence-electron chi connectivity index (χ3n) is 5.28. The Hall–Kier alpha value is -3.09. The van der Waals surface area contributed by atoms with Crippen LogP contribution < -0.4 is 15.7 Å². The van der Waals surface area contributed by atoms with Gasteiger partial charge in [-0.15, -0.1) is 0 Å². The largest absolute Gasteiger partial charge is 0.497 e. The van der Waals surface area contributed by atoms with Crippen LogP contribution >= 0.6 is 0 Å². The van der Waals surface area contributed by atoms with Crippen molar-refractivity contribution in [2.24, 2.45) is 5.92 Å². The molecule has 2 heterocycles. The Balaban J connectivity index is 1.41. The van der Waals surface area contributed by atoms with Crippen LogP contribution in [0.25, 0.3) is 11.2 Å². The van der Waals surface area contributed by atoms with Crippen LogP contribution in [0, 0.1) is 5.92 Å². The molecule has 3 aromatic rings. The Morgan fingerprint density at radius 2 is 1.93 bits per heavy atom. The molecule has 1 aromatic carbocycles. The average Bonchev–Trinajstić information content (AvgIpc) is 3.04. The number of nitrogens with one attached hydrogen (secondary N) is 2. The van der Waals surface area contributed by atoms with Gasteiger partial charge in [0.15, 0.2) is 5.65 Å². The van der Waals surface area contributed by atoms with Crippen LogP contribution in [0.15, 0.2) is 47.4 Å². The minimum absolute atomic E-state index is 0.0338. The van der Waals surface area contributed by atoms with Crippen molar-refractivity contribution >= 4 is 22.8 Å². The number of hydrogen-bond donors (Lipinski definition) is 2. The molecule has 7 heteroatoms. The van der Waals surface area contributed by atoms with E-state index in [1.807, 2.05) is 36.4 Å². The lowest BCUT2D eigenvalue weighted by Gasteiger charge is -2.28. The first-order valence-corrected chi connectivity index (χ1v) is 9.16. The minimum Gasteiger partial charge on any atom is -0.497 e. The van der Waals surface area contributed by atoms with E-state index in [-0.39, 0.29) is 23.6 Å². The van der Waals surface area contributed by atoms with Gasteiger partial charge in [-0.1, -0.05) is 0 Å². The van der Waals surface area contributed by atoms with Crippen LogP contribution in [0.1, 0.15) is 31.7 Å². The van der Waals surface area contributed by atoms with Gasteiger partial charge < -0.3 is 10.1 Å². The van der Waals surface area contributed by atoms with E-state index < -0.39 is 0 Å². The number of amides is 1.